The second-order valence-electron chi connectivity index (χ2n) is 14.6. The molecular formula is C34H44N4O13Si. The van der Waals surface area contributed by atoms with E-state index in [0.29, 0.717) is 24.2 Å². The number of non-ortho nitro benzene ring substituents is 1. The average molecular weight is 745 g/mol. The third kappa shape index (κ3) is 6.52. The van der Waals surface area contributed by atoms with Gasteiger partial charge < -0.3 is 54.9 Å². The molecule has 0 aliphatic carbocycles. The number of carbonyl (C=O) groups is 3. The van der Waals surface area contributed by atoms with Gasteiger partial charge in [-0.25, -0.2) is 0 Å². The van der Waals surface area contributed by atoms with Crippen LogP contribution in [0.25, 0.3) is 0 Å². The Morgan fingerprint density at radius 2 is 1.83 bits per heavy atom. The minimum absolute atomic E-state index is 0.0858. The van der Waals surface area contributed by atoms with Gasteiger partial charge in [0.25, 0.3) is 17.5 Å². The number of nitro benzene ring substituents is 1. The molecule has 4 aliphatic heterocycles. The number of hydrogen-bond acceptors (Lipinski definition) is 13. The van der Waals surface area contributed by atoms with Crippen LogP contribution < -0.4 is 10.2 Å². The van der Waals surface area contributed by atoms with E-state index >= 15 is 0 Å². The Morgan fingerprint density at radius 1 is 1.10 bits per heavy atom. The van der Waals surface area contributed by atoms with Crippen molar-refractivity contribution < 1.29 is 59.1 Å². The zero-order chi connectivity index (χ0) is 37.9. The van der Waals surface area contributed by atoms with Crippen molar-refractivity contribution >= 4 is 43.1 Å². The number of carbonyl (C=O) groups excluding carboxylic acids is 3. The smallest absolute Gasteiger partial charge is 0.269 e. The third-order valence-corrected chi connectivity index (χ3v) is 13.3. The SMILES string of the molecule is C[C@H]1[C@H]([Si](C)(C)O)[C@@H](CC(=O)N2CCC[C@H]2CO)O[C@]12C(=O)N(Cc1cccc(NC(=O)[C@H]3O[C@@H](O)[C@H](O)[C@@H](O)[C@@H]3O)c1)c1ccc([N+](=O)[O-])cc12. The first-order valence-corrected chi connectivity index (χ1v) is 20.2. The lowest BCUT2D eigenvalue weighted by Gasteiger charge is -2.37. The van der Waals surface area contributed by atoms with Crippen LogP contribution in [0, 0.1) is 16.0 Å². The molecule has 0 aromatic heterocycles. The second kappa shape index (κ2) is 14.2. The molecule has 10 atom stereocenters. The average Bonchev–Trinajstić information content (AvgIpc) is 3.75. The number of fused-ring (bicyclic) bond motifs is 2. The summed E-state index contributed by atoms with van der Waals surface area (Å²) in [5, 5.41) is 64.2. The summed E-state index contributed by atoms with van der Waals surface area (Å²) >= 11 is 0. The molecule has 0 unspecified atom stereocenters. The topological polar surface area (TPSA) is 253 Å². The van der Waals surface area contributed by atoms with Gasteiger partial charge >= 0.3 is 0 Å². The molecule has 2 aromatic rings. The highest BCUT2D eigenvalue weighted by molar-refractivity contribution is 6.71. The first kappa shape index (κ1) is 37.9. The van der Waals surface area contributed by atoms with Crippen molar-refractivity contribution in [2.75, 3.05) is 23.4 Å². The van der Waals surface area contributed by atoms with Crippen LogP contribution in [0.2, 0.25) is 18.6 Å². The van der Waals surface area contributed by atoms with E-state index in [2.05, 4.69) is 5.32 Å². The molecule has 3 fully saturated rings. The molecule has 6 rings (SSSR count). The highest BCUT2D eigenvalue weighted by Gasteiger charge is 2.67. The van der Waals surface area contributed by atoms with Crippen molar-refractivity contribution in [3.63, 3.8) is 0 Å². The molecule has 0 saturated carbocycles. The predicted octanol–water partition coefficient (Wildman–Crippen LogP) is 0.0512. The standard InChI is InChI=1S/C34H44N4O13Si/c1-17-30(52(2,3)49)24(14-25(40)36-11-5-8-21(36)16-39)51-34(17)22-13-20(38(47)48)9-10-23(22)37(33(34)46)15-18-6-4-7-19(12-18)35-31(44)29-27(42)26(41)28(43)32(45)50-29/h4,6-7,9-10,12-13,17,21,24,26-30,32,39,41-43,45,49H,5,8,11,14-16H2,1-3H3,(H,35,44)/t17-,21-,24+,26-,27-,28+,29-,30-,32+,34+/m0/s1. The molecule has 0 bridgehead atoms. The lowest BCUT2D eigenvalue weighted by molar-refractivity contribution is -0.385. The number of ether oxygens (including phenoxy) is 2. The highest BCUT2D eigenvalue weighted by atomic mass is 28.4. The van der Waals surface area contributed by atoms with E-state index in [1.807, 2.05) is 0 Å². The summed E-state index contributed by atoms with van der Waals surface area (Å²) in [5.74, 6) is -2.45. The molecule has 17 nitrogen and oxygen atoms in total. The van der Waals surface area contributed by atoms with Crippen molar-refractivity contribution in [2.24, 2.45) is 5.92 Å². The van der Waals surface area contributed by atoms with E-state index in [0.717, 1.165) is 6.42 Å². The Kier molecular flexibility index (Phi) is 10.3. The Hall–Kier alpha value is -3.85. The fourth-order valence-corrected chi connectivity index (χ4v) is 11.0. The molecular weight excluding hydrogens is 700 g/mol. The summed E-state index contributed by atoms with van der Waals surface area (Å²) < 4.78 is 11.7. The van der Waals surface area contributed by atoms with Crippen LogP contribution in [-0.2, 0) is 36.0 Å². The van der Waals surface area contributed by atoms with Gasteiger partial charge in [0.2, 0.25) is 5.91 Å². The molecule has 0 radical (unpaired) electrons. The number of anilines is 2. The molecule has 18 heteroatoms. The van der Waals surface area contributed by atoms with E-state index < -0.39 is 78.9 Å². The lowest BCUT2D eigenvalue weighted by atomic mass is 9.82. The van der Waals surface area contributed by atoms with Gasteiger partial charge in [-0.2, -0.15) is 0 Å². The molecule has 3 saturated heterocycles. The Morgan fingerprint density at radius 3 is 2.50 bits per heavy atom. The zero-order valence-corrected chi connectivity index (χ0v) is 29.9. The normalized spacial score (nSPS) is 33.1. The maximum Gasteiger partial charge on any atom is 0.269 e. The minimum Gasteiger partial charge on any atom is -0.432 e. The second-order valence-corrected chi connectivity index (χ2v) is 18.6. The van der Waals surface area contributed by atoms with Crippen molar-refractivity contribution in [3.8, 4) is 0 Å². The van der Waals surface area contributed by atoms with Gasteiger partial charge in [0.05, 0.1) is 42.3 Å². The van der Waals surface area contributed by atoms with Gasteiger partial charge in [-0.3, -0.25) is 24.5 Å². The maximum atomic E-state index is 14.8. The van der Waals surface area contributed by atoms with Gasteiger partial charge in [0, 0.05) is 41.4 Å². The van der Waals surface area contributed by atoms with E-state index in [1.165, 1.54) is 29.2 Å². The number of nitrogens with one attached hydrogen (secondary N) is 1. The van der Waals surface area contributed by atoms with E-state index in [-0.39, 0.29) is 48.5 Å². The minimum atomic E-state index is -3.18. The molecule has 2 aromatic carbocycles. The molecule has 1 spiro atoms. The van der Waals surface area contributed by atoms with Gasteiger partial charge in [-0.1, -0.05) is 19.1 Å². The molecule has 7 N–H and O–H groups in total. The summed E-state index contributed by atoms with van der Waals surface area (Å²) in [7, 11) is -3.18. The molecule has 282 valence electrons. The first-order valence-electron chi connectivity index (χ1n) is 17.2. The predicted molar refractivity (Wildman–Crippen MR) is 184 cm³/mol. The molecule has 4 aliphatic rings. The summed E-state index contributed by atoms with van der Waals surface area (Å²) in [6, 6.07) is 10.0. The van der Waals surface area contributed by atoms with Gasteiger partial charge in [0.1, 0.15) is 18.3 Å². The number of amides is 3. The van der Waals surface area contributed by atoms with Gasteiger partial charge in [0.15, 0.2) is 26.3 Å². The number of nitro groups is 1. The largest absolute Gasteiger partial charge is 0.432 e. The number of hydrogen-bond donors (Lipinski definition) is 7. The molecule has 52 heavy (non-hydrogen) atoms. The van der Waals surface area contributed by atoms with Crippen LogP contribution in [-0.4, -0.2) is 122 Å². The fraction of sp³-hybridized carbons (Fsp3) is 0.559. The van der Waals surface area contributed by atoms with Gasteiger partial charge in [-0.05, 0) is 49.7 Å². The highest BCUT2D eigenvalue weighted by Crippen LogP contribution is 2.60. The molecule has 4 heterocycles. The number of rotatable bonds is 9. The Bertz CT molecular complexity index is 1740. The van der Waals surface area contributed by atoms with Crippen LogP contribution >= 0.6 is 0 Å². The van der Waals surface area contributed by atoms with Crippen molar-refractivity contribution in [1.82, 2.24) is 4.90 Å². The van der Waals surface area contributed by atoms with Crippen LogP contribution in [0.15, 0.2) is 42.5 Å². The summed E-state index contributed by atoms with van der Waals surface area (Å²) in [6.45, 7) is 5.34. The number of aliphatic hydroxyl groups excluding tert-OH is 5. The monoisotopic (exact) mass is 744 g/mol. The first-order chi connectivity index (χ1) is 24.5. The summed E-state index contributed by atoms with van der Waals surface area (Å²) in [4.78, 5) is 67.3. The lowest BCUT2D eigenvalue weighted by Crippen LogP contribution is -2.60. The fourth-order valence-electron chi connectivity index (χ4n) is 8.40. The number of nitrogens with zero attached hydrogens (tertiary/aromatic N) is 3. The number of benzene rings is 2. The van der Waals surface area contributed by atoms with Crippen molar-refractivity contribution in [1.29, 1.82) is 0 Å². The van der Waals surface area contributed by atoms with Crippen molar-refractivity contribution in [2.45, 2.75) is 99.8 Å². The van der Waals surface area contributed by atoms with Crippen molar-refractivity contribution in [3.05, 3.63) is 63.7 Å². The van der Waals surface area contributed by atoms with Gasteiger partial charge in [-0.15, -0.1) is 0 Å². The Balaban J connectivity index is 1.31. The van der Waals surface area contributed by atoms with Crippen LogP contribution in [0.5, 0.6) is 0 Å². The Labute approximate surface area is 299 Å². The maximum absolute atomic E-state index is 14.8. The molecule has 3 amide bonds. The number of aliphatic hydroxyl groups is 5. The summed E-state index contributed by atoms with van der Waals surface area (Å²) in [6.07, 6.45) is -8.81. The van der Waals surface area contributed by atoms with Crippen LogP contribution in [0.1, 0.15) is 37.3 Å². The third-order valence-electron chi connectivity index (χ3n) is 10.8. The van der Waals surface area contributed by atoms with E-state index in [9.17, 15) is 54.8 Å². The van der Waals surface area contributed by atoms with Crippen LogP contribution in [0.3, 0.4) is 0 Å². The summed E-state index contributed by atoms with van der Waals surface area (Å²) in [5.41, 5.74) is -1.40. The van der Waals surface area contributed by atoms with E-state index in [1.54, 1.807) is 43.1 Å². The van der Waals surface area contributed by atoms with E-state index in [4.69, 9.17) is 9.47 Å². The number of likely N-dealkylation sites (tertiary alicyclic amines) is 1. The quantitative estimate of drug-likeness (QED) is 0.102. The zero-order valence-electron chi connectivity index (χ0n) is 28.9. The van der Waals surface area contributed by atoms with Crippen LogP contribution in [0.4, 0.5) is 17.1 Å².